The van der Waals surface area contributed by atoms with Crippen molar-refractivity contribution in [3.63, 3.8) is 0 Å². The molecule has 17 heavy (non-hydrogen) atoms. The number of nitrogens with one attached hydrogen (secondary N) is 1. The van der Waals surface area contributed by atoms with Gasteiger partial charge in [-0.05, 0) is 6.92 Å². The molecule has 0 aromatic carbocycles. The third-order valence-electron chi connectivity index (χ3n) is 2.20. The Kier molecular flexibility index (Phi) is 4.39. The molecule has 0 aliphatic carbocycles. The quantitative estimate of drug-likeness (QED) is 0.712. The summed E-state index contributed by atoms with van der Waals surface area (Å²) < 4.78 is 0. The Bertz CT molecular complexity index is 407. The van der Waals surface area contributed by atoms with Crippen molar-refractivity contribution in [3.8, 4) is 0 Å². The van der Waals surface area contributed by atoms with E-state index < -0.39 is 5.97 Å². The maximum absolute atomic E-state index is 11.1. The summed E-state index contributed by atoms with van der Waals surface area (Å²) in [6.45, 7) is 5.43. The van der Waals surface area contributed by atoms with Crippen LogP contribution in [0.1, 0.15) is 43.0 Å². The molecule has 0 amide bonds. The predicted molar refractivity (Wildman–Crippen MR) is 63.3 cm³/mol. The second kappa shape index (κ2) is 5.58. The lowest BCUT2D eigenvalue weighted by Gasteiger charge is -2.14. The molecule has 0 aliphatic heterocycles. The SMILES string of the molecule is CC(CO)Nc1cnc(C(C)C)nc1C(=O)O. The van der Waals surface area contributed by atoms with Crippen LogP contribution in [0.4, 0.5) is 5.69 Å². The van der Waals surface area contributed by atoms with Gasteiger partial charge in [0.15, 0.2) is 5.69 Å². The highest BCUT2D eigenvalue weighted by Gasteiger charge is 2.16. The van der Waals surface area contributed by atoms with Gasteiger partial charge in [-0.1, -0.05) is 13.8 Å². The second-order valence-corrected chi connectivity index (χ2v) is 4.18. The molecule has 1 unspecified atom stereocenters. The van der Waals surface area contributed by atoms with E-state index in [0.29, 0.717) is 11.5 Å². The van der Waals surface area contributed by atoms with E-state index in [2.05, 4.69) is 15.3 Å². The monoisotopic (exact) mass is 239 g/mol. The fourth-order valence-electron chi connectivity index (χ4n) is 1.25. The van der Waals surface area contributed by atoms with Crippen molar-refractivity contribution in [2.75, 3.05) is 11.9 Å². The van der Waals surface area contributed by atoms with Crippen molar-refractivity contribution in [2.24, 2.45) is 0 Å². The van der Waals surface area contributed by atoms with Gasteiger partial charge < -0.3 is 15.5 Å². The predicted octanol–water partition coefficient (Wildman–Crippen LogP) is 1.09. The normalized spacial score (nSPS) is 12.5. The van der Waals surface area contributed by atoms with Crippen molar-refractivity contribution in [1.82, 2.24) is 9.97 Å². The van der Waals surface area contributed by atoms with Crippen LogP contribution in [0, 0.1) is 0 Å². The number of carboxylic acid groups (broad SMARTS) is 1. The number of aliphatic hydroxyl groups excluding tert-OH is 1. The number of aliphatic hydroxyl groups is 1. The molecule has 0 radical (unpaired) electrons. The summed E-state index contributed by atoms with van der Waals surface area (Å²) in [6.07, 6.45) is 1.44. The van der Waals surface area contributed by atoms with Crippen LogP contribution in [-0.4, -0.2) is 38.8 Å². The van der Waals surface area contributed by atoms with Crippen LogP contribution in [0.5, 0.6) is 0 Å². The topological polar surface area (TPSA) is 95.3 Å². The van der Waals surface area contributed by atoms with Gasteiger partial charge >= 0.3 is 5.97 Å². The van der Waals surface area contributed by atoms with Gasteiger partial charge in [0, 0.05) is 12.0 Å². The molecule has 0 spiro atoms. The summed E-state index contributed by atoms with van der Waals surface area (Å²) in [5.74, 6) is -0.552. The molecule has 1 aromatic rings. The number of carbonyl (C=O) groups is 1. The highest BCUT2D eigenvalue weighted by Crippen LogP contribution is 2.17. The van der Waals surface area contributed by atoms with Crippen molar-refractivity contribution in [3.05, 3.63) is 17.7 Å². The van der Waals surface area contributed by atoms with Crippen LogP contribution in [0.2, 0.25) is 0 Å². The van der Waals surface area contributed by atoms with E-state index in [9.17, 15) is 4.79 Å². The number of rotatable bonds is 5. The Balaban J connectivity index is 3.09. The summed E-state index contributed by atoms with van der Waals surface area (Å²) in [5.41, 5.74) is 0.257. The van der Waals surface area contributed by atoms with Gasteiger partial charge in [-0.25, -0.2) is 14.8 Å². The van der Waals surface area contributed by atoms with Crippen molar-refractivity contribution >= 4 is 11.7 Å². The minimum atomic E-state index is -1.11. The number of aromatic nitrogens is 2. The van der Waals surface area contributed by atoms with Gasteiger partial charge in [0.1, 0.15) is 5.82 Å². The van der Waals surface area contributed by atoms with Crippen LogP contribution in [0.25, 0.3) is 0 Å². The number of nitrogens with zero attached hydrogens (tertiary/aromatic N) is 2. The van der Waals surface area contributed by atoms with Crippen molar-refractivity contribution in [2.45, 2.75) is 32.7 Å². The maximum atomic E-state index is 11.1. The highest BCUT2D eigenvalue weighted by molar-refractivity contribution is 5.91. The first-order valence-corrected chi connectivity index (χ1v) is 5.43. The van der Waals surface area contributed by atoms with E-state index in [4.69, 9.17) is 10.2 Å². The van der Waals surface area contributed by atoms with Crippen molar-refractivity contribution in [1.29, 1.82) is 0 Å². The molecule has 0 saturated heterocycles. The van der Waals surface area contributed by atoms with E-state index in [1.54, 1.807) is 6.92 Å². The zero-order valence-electron chi connectivity index (χ0n) is 10.1. The number of aromatic carboxylic acids is 1. The molecule has 1 aromatic heterocycles. The average molecular weight is 239 g/mol. The van der Waals surface area contributed by atoms with Crippen LogP contribution < -0.4 is 5.32 Å². The zero-order chi connectivity index (χ0) is 13.0. The third-order valence-corrected chi connectivity index (χ3v) is 2.20. The largest absolute Gasteiger partial charge is 0.476 e. The molecule has 1 atom stereocenters. The summed E-state index contributed by atoms with van der Waals surface area (Å²) >= 11 is 0. The lowest BCUT2D eigenvalue weighted by molar-refractivity contribution is 0.0691. The standard InChI is InChI=1S/C11H17N3O3/c1-6(2)10-12-4-8(13-7(3)5-15)9(14-10)11(16)17/h4,6-7,13,15H,5H2,1-3H3,(H,16,17). The van der Waals surface area contributed by atoms with E-state index in [-0.39, 0.29) is 24.3 Å². The average Bonchev–Trinajstić information content (AvgIpc) is 2.28. The summed E-state index contributed by atoms with van der Waals surface area (Å²) in [5, 5.41) is 20.8. The van der Waals surface area contributed by atoms with Gasteiger partial charge in [-0.2, -0.15) is 0 Å². The van der Waals surface area contributed by atoms with E-state index in [1.165, 1.54) is 6.20 Å². The van der Waals surface area contributed by atoms with Crippen LogP contribution in [0.3, 0.4) is 0 Å². The Morgan fingerprint density at radius 2 is 2.12 bits per heavy atom. The molecule has 0 saturated carbocycles. The molecule has 94 valence electrons. The summed E-state index contributed by atoms with van der Waals surface area (Å²) in [7, 11) is 0. The van der Waals surface area contributed by atoms with Gasteiger partial charge in [0.25, 0.3) is 0 Å². The Morgan fingerprint density at radius 3 is 2.59 bits per heavy atom. The zero-order valence-corrected chi connectivity index (χ0v) is 10.1. The molecule has 1 rings (SSSR count). The third kappa shape index (κ3) is 3.39. The van der Waals surface area contributed by atoms with E-state index in [0.717, 1.165) is 0 Å². The lowest BCUT2D eigenvalue weighted by Crippen LogP contribution is -2.22. The molecule has 0 fully saturated rings. The smallest absolute Gasteiger partial charge is 0.356 e. The second-order valence-electron chi connectivity index (χ2n) is 4.18. The number of anilines is 1. The van der Waals surface area contributed by atoms with E-state index >= 15 is 0 Å². The minimum Gasteiger partial charge on any atom is -0.476 e. The molecular weight excluding hydrogens is 222 g/mol. The lowest BCUT2D eigenvalue weighted by atomic mass is 10.2. The van der Waals surface area contributed by atoms with Gasteiger partial charge in [-0.3, -0.25) is 0 Å². The molecule has 6 heteroatoms. The molecule has 1 heterocycles. The van der Waals surface area contributed by atoms with Gasteiger partial charge in [0.2, 0.25) is 0 Å². The fraction of sp³-hybridized carbons (Fsp3) is 0.545. The summed E-state index contributed by atoms with van der Waals surface area (Å²) in [6, 6.07) is -0.249. The van der Waals surface area contributed by atoms with Crippen LogP contribution >= 0.6 is 0 Å². The first-order valence-electron chi connectivity index (χ1n) is 5.43. The Labute approximate surface area is 99.7 Å². The Hall–Kier alpha value is -1.69. The molecular formula is C11H17N3O3. The molecule has 6 nitrogen and oxygen atoms in total. The minimum absolute atomic E-state index is 0.0657. The van der Waals surface area contributed by atoms with Crippen molar-refractivity contribution < 1.29 is 15.0 Å². The number of hydrogen-bond donors (Lipinski definition) is 3. The maximum Gasteiger partial charge on any atom is 0.356 e. The van der Waals surface area contributed by atoms with E-state index in [1.807, 2.05) is 13.8 Å². The fourth-order valence-corrected chi connectivity index (χ4v) is 1.25. The van der Waals surface area contributed by atoms with Gasteiger partial charge in [0.05, 0.1) is 18.5 Å². The molecule has 3 N–H and O–H groups in total. The van der Waals surface area contributed by atoms with Crippen LogP contribution in [-0.2, 0) is 0 Å². The number of hydrogen-bond acceptors (Lipinski definition) is 5. The van der Waals surface area contributed by atoms with Crippen LogP contribution in [0.15, 0.2) is 6.20 Å². The number of carboxylic acids is 1. The Morgan fingerprint density at radius 1 is 1.47 bits per heavy atom. The molecule has 0 aliphatic rings. The first-order chi connectivity index (χ1) is 7.95. The van der Waals surface area contributed by atoms with Gasteiger partial charge in [-0.15, -0.1) is 0 Å². The highest BCUT2D eigenvalue weighted by atomic mass is 16.4. The molecule has 0 bridgehead atoms. The summed E-state index contributed by atoms with van der Waals surface area (Å²) in [4.78, 5) is 19.2. The first kappa shape index (κ1) is 13.4.